The van der Waals surface area contributed by atoms with Crippen LogP contribution in [0.5, 0.6) is 0 Å². The highest BCUT2D eigenvalue weighted by Crippen LogP contribution is 2.22. The van der Waals surface area contributed by atoms with E-state index in [4.69, 9.17) is 0 Å². The Hall–Kier alpha value is -0.523. The summed E-state index contributed by atoms with van der Waals surface area (Å²) in [5.74, 6) is -2.05. The quantitative estimate of drug-likeness (QED) is 0.545. The molecule has 0 aromatic carbocycles. The third-order valence-corrected chi connectivity index (χ3v) is 4.28. The number of rotatable bonds is 5. The lowest BCUT2D eigenvalue weighted by molar-refractivity contribution is -0.190. The van der Waals surface area contributed by atoms with Gasteiger partial charge in [-0.25, -0.2) is 4.79 Å². The van der Waals surface area contributed by atoms with Crippen molar-refractivity contribution in [1.29, 1.82) is 0 Å². The zero-order chi connectivity index (χ0) is 12.1. The molecule has 0 aliphatic carbocycles. The van der Waals surface area contributed by atoms with Crippen molar-refractivity contribution in [3.05, 3.63) is 0 Å². The monoisotopic (exact) mass is 242 g/mol. The summed E-state index contributed by atoms with van der Waals surface area (Å²) in [6, 6.07) is 0.586. The molecule has 0 spiro atoms. The van der Waals surface area contributed by atoms with Crippen LogP contribution < -0.4 is 0 Å². The third-order valence-electron chi connectivity index (χ3n) is 1.98. The summed E-state index contributed by atoms with van der Waals surface area (Å²) in [6.07, 6.45) is -2.09. The smallest absolute Gasteiger partial charge is 0.489 e. The Morgan fingerprint density at radius 2 is 1.80 bits per heavy atom. The maximum Gasteiger partial charge on any atom is 0.489 e. The van der Waals surface area contributed by atoms with Crippen molar-refractivity contribution >= 4 is 14.3 Å². The van der Waals surface area contributed by atoms with Gasteiger partial charge in [0.2, 0.25) is 8.32 Å². The van der Waals surface area contributed by atoms with Crippen LogP contribution in [0.2, 0.25) is 19.1 Å². The van der Waals surface area contributed by atoms with Crippen LogP contribution in [0, 0.1) is 0 Å². The lowest BCUT2D eigenvalue weighted by Gasteiger charge is -2.23. The molecular formula is C9H17F3O2Si. The van der Waals surface area contributed by atoms with E-state index in [9.17, 15) is 18.0 Å². The first-order valence-corrected chi connectivity index (χ1v) is 8.11. The maximum atomic E-state index is 11.9. The molecule has 0 unspecified atom stereocenters. The van der Waals surface area contributed by atoms with E-state index in [1.807, 2.05) is 6.92 Å². The van der Waals surface area contributed by atoms with Gasteiger partial charge in [-0.1, -0.05) is 26.2 Å². The van der Waals surface area contributed by atoms with Crippen molar-refractivity contribution in [3.8, 4) is 0 Å². The zero-order valence-electron chi connectivity index (χ0n) is 9.28. The number of carbonyl (C=O) groups is 1. The predicted octanol–water partition coefficient (Wildman–Crippen LogP) is 3.49. The Morgan fingerprint density at radius 3 is 2.20 bits per heavy atom. The van der Waals surface area contributed by atoms with Gasteiger partial charge in [0, 0.05) is 0 Å². The number of carbonyl (C=O) groups excluding carboxylic acids is 1. The van der Waals surface area contributed by atoms with Gasteiger partial charge >= 0.3 is 12.1 Å². The number of hydrogen-bond acceptors (Lipinski definition) is 2. The molecule has 0 atom stereocenters. The average molecular weight is 242 g/mol. The summed E-state index contributed by atoms with van der Waals surface area (Å²) in [5.41, 5.74) is 0. The lowest BCUT2D eigenvalue weighted by atomic mass is 10.3. The molecule has 0 aromatic heterocycles. The molecule has 0 aromatic rings. The van der Waals surface area contributed by atoms with Gasteiger partial charge in [-0.2, -0.15) is 13.2 Å². The highest BCUT2D eigenvalue weighted by Gasteiger charge is 2.44. The Kier molecular flexibility index (Phi) is 5.34. The molecule has 0 radical (unpaired) electrons. The van der Waals surface area contributed by atoms with Crippen LogP contribution >= 0.6 is 0 Å². The second-order valence-corrected chi connectivity index (χ2v) is 8.33. The SMILES string of the molecule is CCCCC[Si](C)(C)OC(=O)C(F)(F)F. The fraction of sp³-hybridized carbons (Fsp3) is 0.889. The van der Waals surface area contributed by atoms with Crippen LogP contribution in [0.15, 0.2) is 0 Å². The normalized spacial score (nSPS) is 12.7. The van der Waals surface area contributed by atoms with Crippen LogP contribution in [0.1, 0.15) is 26.2 Å². The van der Waals surface area contributed by atoms with E-state index in [0.717, 1.165) is 19.3 Å². The topological polar surface area (TPSA) is 26.3 Å². The lowest BCUT2D eigenvalue weighted by Crippen LogP contribution is -2.39. The van der Waals surface area contributed by atoms with Crippen molar-refractivity contribution in [2.24, 2.45) is 0 Å². The van der Waals surface area contributed by atoms with Crippen molar-refractivity contribution in [2.75, 3.05) is 0 Å². The molecule has 0 aliphatic heterocycles. The molecule has 6 heteroatoms. The molecule has 0 bridgehead atoms. The van der Waals surface area contributed by atoms with Crippen LogP contribution in [0.25, 0.3) is 0 Å². The Labute approximate surface area is 88.9 Å². The van der Waals surface area contributed by atoms with E-state index in [2.05, 4.69) is 4.43 Å². The number of halogens is 3. The fourth-order valence-corrected chi connectivity index (χ4v) is 2.98. The fourth-order valence-electron chi connectivity index (χ4n) is 1.16. The zero-order valence-corrected chi connectivity index (χ0v) is 10.3. The van der Waals surface area contributed by atoms with Crippen LogP contribution in [-0.2, 0) is 9.22 Å². The van der Waals surface area contributed by atoms with E-state index in [1.165, 1.54) is 0 Å². The van der Waals surface area contributed by atoms with Gasteiger partial charge in [0.05, 0.1) is 0 Å². The number of hydrogen-bond donors (Lipinski definition) is 0. The number of alkyl halides is 3. The molecule has 0 N–H and O–H groups in total. The Balaban J connectivity index is 4.08. The van der Waals surface area contributed by atoms with Crippen LogP contribution in [0.3, 0.4) is 0 Å². The maximum absolute atomic E-state index is 11.9. The minimum Gasteiger partial charge on any atom is -0.513 e. The van der Waals surface area contributed by atoms with E-state index in [0.29, 0.717) is 6.04 Å². The predicted molar refractivity (Wildman–Crippen MR) is 54.0 cm³/mol. The molecule has 0 fully saturated rings. The minimum atomic E-state index is -4.87. The summed E-state index contributed by atoms with van der Waals surface area (Å²) < 4.78 is 40.3. The highest BCUT2D eigenvalue weighted by molar-refractivity contribution is 6.72. The van der Waals surface area contributed by atoms with Crippen molar-refractivity contribution in [3.63, 3.8) is 0 Å². The molecule has 0 heterocycles. The van der Waals surface area contributed by atoms with Gasteiger partial charge in [0.25, 0.3) is 0 Å². The van der Waals surface area contributed by atoms with Gasteiger partial charge in [-0.15, -0.1) is 0 Å². The second kappa shape index (κ2) is 5.53. The van der Waals surface area contributed by atoms with Crippen molar-refractivity contribution < 1.29 is 22.4 Å². The van der Waals surface area contributed by atoms with Gasteiger partial charge in [0.1, 0.15) is 0 Å². The summed E-state index contributed by atoms with van der Waals surface area (Å²) in [7, 11) is -2.48. The average Bonchev–Trinajstić information content (AvgIpc) is 2.01. The van der Waals surface area contributed by atoms with E-state index in [-0.39, 0.29) is 0 Å². The Morgan fingerprint density at radius 1 is 1.27 bits per heavy atom. The van der Waals surface area contributed by atoms with E-state index in [1.54, 1.807) is 13.1 Å². The molecule has 0 aliphatic rings. The molecule has 90 valence electrons. The molecular weight excluding hydrogens is 225 g/mol. The molecule has 0 rings (SSSR count). The molecule has 2 nitrogen and oxygen atoms in total. The van der Waals surface area contributed by atoms with Gasteiger partial charge in [-0.05, 0) is 19.1 Å². The standard InChI is InChI=1S/C9H17F3O2Si/c1-4-5-6-7-15(2,3)14-8(13)9(10,11)12/h4-7H2,1-3H3. The minimum absolute atomic E-state index is 0.586. The van der Waals surface area contributed by atoms with Gasteiger partial charge in [0.15, 0.2) is 0 Å². The third kappa shape index (κ3) is 6.54. The Bertz CT molecular complexity index is 214. The van der Waals surface area contributed by atoms with Gasteiger partial charge < -0.3 is 4.43 Å². The van der Waals surface area contributed by atoms with Gasteiger partial charge in [-0.3, -0.25) is 0 Å². The summed E-state index contributed by atoms with van der Waals surface area (Å²) in [6.45, 7) is 5.27. The largest absolute Gasteiger partial charge is 0.513 e. The van der Waals surface area contributed by atoms with E-state index < -0.39 is 20.5 Å². The summed E-state index contributed by atoms with van der Waals surface area (Å²) >= 11 is 0. The first-order valence-electron chi connectivity index (χ1n) is 4.99. The highest BCUT2D eigenvalue weighted by atomic mass is 28.4. The summed E-state index contributed by atoms with van der Waals surface area (Å²) in [5, 5.41) is 0. The first kappa shape index (κ1) is 14.5. The molecule has 15 heavy (non-hydrogen) atoms. The molecule has 0 saturated carbocycles. The van der Waals surface area contributed by atoms with E-state index >= 15 is 0 Å². The molecule has 0 amide bonds. The van der Waals surface area contributed by atoms with Crippen molar-refractivity contribution in [1.82, 2.24) is 0 Å². The molecule has 0 saturated heterocycles. The second-order valence-electron chi connectivity index (χ2n) is 4.10. The van der Waals surface area contributed by atoms with Crippen molar-refractivity contribution in [2.45, 2.75) is 51.5 Å². The number of unbranched alkanes of at least 4 members (excludes halogenated alkanes) is 2. The summed E-state index contributed by atoms with van der Waals surface area (Å²) in [4.78, 5) is 10.6. The first-order chi connectivity index (χ1) is 6.69. The van der Waals surface area contributed by atoms with Crippen LogP contribution in [-0.4, -0.2) is 20.5 Å². The van der Waals surface area contributed by atoms with Crippen LogP contribution in [0.4, 0.5) is 13.2 Å².